The number of anilines is 1. The van der Waals surface area contributed by atoms with E-state index in [9.17, 15) is 9.18 Å². The van der Waals surface area contributed by atoms with Crippen LogP contribution in [0.4, 0.5) is 9.52 Å². The van der Waals surface area contributed by atoms with Crippen LogP contribution in [0.5, 0.6) is 0 Å². The second-order valence-electron chi connectivity index (χ2n) is 6.80. The van der Waals surface area contributed by atoms with Gasteiger partial charge in [0.05, 0.1) is 11.4 Å². The number of amides is 1. The van der Waals surface area contributed by atoms with Crippen LogP contribution in [0.25, 0.3) is 11.3 Å². The normalized spacial score (nSPS) is 14.5. The Kier molecular flexibility index (Phi) is 6.01. The summed E-state index contributed by atoms with van der Waals surface area (Å²) >= 11 is 2.64. The topological polar surface area (TPSA) is 83.6 Å². The number of thioether (sulfide) groups is 1. The Morgan fingerprint density at radius 2 is 2.04 bits per heavy atom. The van der Waals surface area contributed by atoms with Gasteiger partial charge in [-0.05, 0) is 30.2 Å². The van der Waals surface area contributed by atoms with Crippen LogP contribution in [0, 0.1) is 11.7 Å². The molecule has 1 aliphatic carbocycles. The second kappa shape index (κ2) is 8.83. The highest BCUT2D eigenvalue weighted by molar-refractivity contribution is 7.99. The summed E-state index contributed by atoms with van der Waals surface area (Å²) in [6.45, 7) is 0. The number of carbonyl (C=O) groups is 1. The molecule has 2 N–H and O–H groups in total. The first-order valence-electron chi connectivity index (χ1n) is 9.21. The summed E-state index contributed by atoms with van der Waals surface area (Å²) in [6.07, 6.45) is 6.07. The largest absolute Gasteiger partial charge is 0.301 e. The zero-order chi connectivity index (χ0) is 19.3. The third-order valence-electron chi connectivity index (χ3n) is 4.69. The number of thiazole rings is 1. The summed E-state index contributed by atoms with van der Waals surface area (Å²) in [5.74, 6) is 1.37. The molecule has 2 aromatic heterocycles. The molecular formula is C19H20FN5OS2. The molecule has 9 heteroatoms. The molecule has 1 saturated carbocycles. The average molecular weight is 418 g/mol. The maximum absolute atomic E-state index is 13.0. The molecule has 4 rings (SSSR count). The smallest absolute Gasteiger partial charge is 0.236 e. The summed E-state index contributed by atoms with van der Waals surface area (Å²) in [5.41, 5.74) is 1.52. The van der Waals surface area contributed by atoms with E-state index in [0.29, 0.717) is 21.9 Å². The van der Waals surface area contributed by atoms with E-state index in [-0.39, 0.29) is 17.5 Å². The Bertz CT molecular complexity index is 934. The van der Waals surface area contributed by atoms with E-state index in [1.807, 2.05) is 5.38 Å². The monoisotopic (exact) mass is 417 g/mol. The Morgan fingerprint density at radius 1 is 1.25 bits per heavy atom. The summed E-state index contributed by atoms with van der Waals surface area (Å²) in [6, 6.07) is 6.11. The van der Waals surface area contributed by atoms with Crippen LogP contribution in [0.2, 0.25) is 0 Å². The SMILES string of the molecule is O=C(CSc1n[nH]c(CC2CCCC2)n1)Nc1nc(-c2ccc(F)cc2)cs1. The highest BCUT2D eigenvalue weighted by atomic mass is 32.2. The summed E-state index contributed by atoms with van der Waals surface area (Å²) in [4.78, 5) is 21.0. The number of hydrogen-bond donors (Lipinski definition) is 2. The van der Waals surface area contributed by atoms with E-state index >= 15 is 0 Å². The fourth-order valence-corrected chi connectivity index (χ4v) is 4.64. The fourth-order valence-electron chi connectivity index (χ4n) is 3.29. The van der Waals surface area contributed by atoms with Gasteiger partial charge in [0.25, 0.3) is 0 Å². The van der Waals surface area contributed by atoms with Crippen molar-refractivity contribution < 1.29 is 9.18 Å². The number of benzene rings is 1. The van der Waals surface area contributed by atoms with E-state index < -0.39 is 0 Å². The van der Waals surface area contributed by atoms with Gasteiger partial charge in [-0.3, -0.25) is 9.89 Å². The van der Waals surface area contributed by atoms with Gasteiger partial charge in [0.15, 0.2) is 5.13 Å². The standard InChI is InChI=1S/C19H20FN5OS2/c20-14-7-5-13(6-8-14)15-10-27-18(21-15)23-17(26)11-28-19-22-16(24-25-19)9-12-3-1-2-4-12/h5-8,10,12H,1-4,9,11H2,(H,21,23,26)(H,22,24,25). The highest BCUT2D eigenvalue weighted by Gasteiger charge is 2.18. The van der Waals surface area contributed by atoms with Crippen LogP contribution < -0.4 is 5.32 Å². The van der Waals surface area contributed by atoms with Gasteiger partial charge in [-0.15, -0.1) is 16.4 Å². The van der Waals surface area contributed by atoms with Crippen molar-refractivity contribution in [3.8, 4) is 11.3 Å². The lowest BCUT2D eigenvalue weighted by Gasteiger charge is -2.04. The molecule has 0 unspecified atom stereocenters. The maximum atomic E-state index is 13.0. The van der Waals surface area contributed by atoms with Crippen molar-refractivity contribution in [3.05, 3.63) is 41.3 Å². The Morgan fingerprint density at radius 3 is 2.82 bits per heavy atom. The number of H-pyrrole nitrogens is 1. The van der Waals surface area contributed by atoms with Gasteiger partial charge in [0.2, 0.25) is 11.1 Å². The predicted molar refractivity (Wildman–Crippen MR) is 109 cm³/mol. The lowest BCUT2D eigenvalue weighted by atomic mass is 10.0. The van der Waals surface area contributed by atoms with Crippen molar-refractivity contribution in [2.75, 3.05) is 11.1 Å². The van der Waals surface area contributed by atoms with Crippen molar-refractivity contribution in [1.29, 1.82) is 0 Å². The first-order valence-corrected chi connectivity index (χ1v) is 11.1. The average Bonchev–Trinajstić information content (AvgIpc) is 3.44. The molecule has 1 aliphatic rings. The van der Waals surface area contributed by atoms with Crippen LogP contribution in [0.1, 0.15) is 31.5 Å². The highest BCUT2D eigenvalue weighted by Crippen LogP contribution is 2.28. The number of halogens is 1. The summed E-state index contributed by atoms with van der Waals surface area (Å²) in [7, 11) is 0. The molecule has 0 bridgehead atoms. The predicted octanol–water partition coefficient (Wildman–Crippen LogP) is 4.53. The van der Waals surface area contributed by atoms with E-state index in [1.54, 1.807) is 12.1 Å². The number of aromatic nitrogens is 4. The third kappa shape index (κ3) is 4.96. The molecule has 28 heavy (non-hydrogen) atoms. The van der Waals surface area contributed by atoms with Gasteiger partial charge < -0.3 is 5.32 Å². The number of hydrogen-bond acceptors (Lipinski definition) is 6. The minimum Gasteiger partial charge on any atom is -0.301 e. The molecule has 1 fully saturated rings. The number of nitrogens with zero attached hydrogens (tertiary/aromatic N) is 3. The lowest BCUT2D eigenvalue weighted by molar-refractivity contribution is -0.113. The van der Waals surface area contributed by atoms with Crippen molar-refractivity contribution in [2.45, 2.75) is 37.3 Å². The molecule has 0 atom stereocenters. The minimum absolute atomic E-state index is 0.160. The summed E-state index contributed by atoms with van der Waals surface area (Å²) in [5, 5.41) is 12.9. The molecular weight excluding hydrogens is 397 g/mol. The van der Waals surface area contributed by atoms with Gasteiger partial charge >= 0.3 is 0 Å². The number of aromatic amines is 1. The van der Waals surface area contributed by atoms with Gasteiger partial charge in [-0.2, -0.15) is 0 Å². The molecule has 2 heterocycles. The molecule has 6 nitrogen and oxygen atoms in total. The third-order valence-corrected chi connectivity index (χ3v) is 6.30. The number of rotatable bonds is 7. The Labute approximate surface area is 170 Å². The molecule has 146 valence electrons. The molecule has 0 saturated heterocycles. The van der Waals surface area contributed by atoms with Crippen molar-refractivity contribution in [2.24, 2.45) is 5.92 Å². The molecule has 0 aliphatic heterocycles. The van der Waals surface area contributed by atoms with E-state index in [2.05, 4.69) is 25.5 Å². The minimum atomic E-state index is -0.289. The number of carbonyl (C=O) groups excluding carboxylic acids is 1. The maximum Gasteiger partial charge on any atom is 0.236 e. The fraction of sp³-hybridized carbons (Fsp3) is 0.368. The molecule has 3 aromatic rings. The van der Waals surface area contributed by atoms with Crippen LogP contribution in [-0.4, -0.2) is 31.8 Å². The molecule has 0 radical (unpaired) electrons. The number of nitrogens with one attached hydrogen (secondary N) is 2. The zero-order valence-corrected chi connectivity index (χ0v) is 16.8. The van der Waals surface area contributed by atoms with E-state index in [0.717, 1.165) is 17.8 Å². The van der Waals surface area contributed by atoms with Crippen LogP contribution in [0.3, 0.4) is 0 Å². The van der Waals surface area contributed by atoms with Gasteiger partial charge in [-0.1, -0.05) is 37.4 Å². The lowest BCUT2D eigenvalue weighted by Crippen LogP contribution is -2.13. The quantitative estimate of drug-likeness (QED) is 0.552. The van der Waals surface area contributed by atoms with E-state index in [1.165, 1.54) is 60.9 Å². The van der Waals surface area contributed by atoms with Gasteiger partial charge in [0, 0.05) is 17.4 Å². The van der Waals surface area contributed by atoms with Crippen molar-refractivity contribution >= 4 is 34.1 Å². The van der Waals surface area contributed by atoms with E-state index in [4.69, 9.17) is 0 Å². The Hall–Kier alpha value is -2.26. The van der Waals surface area contributed by atoms with Crippen LogP contribution in [0.15, 0.2) is 34.8 Å². The van der Waals surface area contributed by atoms with Gasteiger partial charge in [0.1, 0.15) is 11.6 Å². The van der Waals surface area contributed by atoms with Crippen molar-refractivity contribution in [1.82, 2.24) is 20.2 Å². The Balaban J connectivity index is 1.27. The first kappa shape index (κ1) is 19.1. The molecule has 0 spiro atoms. The first-order chi connectivity index (χ1) is 13.7. The van der Waals surface area contributed by atoms with Crippen molar-refractivity contribution in [3.63, 3.8) is 0 Å². The van der Waals surface area contributed by atoms with Gasteiger partial charge in [-0.25, -0.2) is 14.4 Å². The molecule has 1 amide bonds. The summed E-state index contributed by atoms with van der Waals surface area (Å²) < 4.78 is 13.0. The van der Waals surface area contributed by atoms with Crippen LogP contribution >= 0.6 is 23.1 Å². The second-order valence-corrected chi connectivity index (χ2v) is 8.60. The van der Waals surface area contributed by atoms with Crippen LogP contribution in [-0.2, 0) is 11.2 Å². The zero-order valence-electron chi connectivity index (χ0n) is 15.2. The molecule has 1 aromatic carbocycles.